The highest BCUT2D eigenvalue weighted by atomic mass is 19.1. The molecule has 0 saturated carbocycles. The van der Waals surface area contributed by atoms with Gasteiger partial charge in [-0.15, -0.1) is 0 Å². The van der Waals surface area contributed by atoms with E-state index in [0.29, 0.717) is 37.7 Å². The summed E-state index contributed by atoms with van der Waals surface area (Å²) in [6, 6.07) is 4.50. The lowest BCUT2D eigenvalue weighted by molar-refractivity contribution is 0.0690. The normalized spacial score (nSPS) is 14.6. The zero-order chi connectivity index (χ0) is 17.1. The zero-order valence-corrected chi connectivity index (χ0v) is 13.1. The van der Waals surface area contributed by atoms with E-state index in [1.165, 1.54) is 31.6 Å². The molecule has 7 nitrogen and oxygen atoms in total. The van der Waals surface area contributed by atoms with Gasteiger partial charge in [-0.2, -0.15) is 0 Å². The number of benzene rings is 1. The van der Waals surface area contributed by atoms with Gasteiger partial charge in [-0.1, -0.05) is 0 Å². The molecule has 1 N–H and O–H groups in total. The number of nitrogens with zero attached hydrogens (tertiary/aromatic N) is 4. The number of aromatic carboxylic acids is 1. The second-order valence-corrected chi connectivity index (χ2v) is 5.36. The van der Waals surface area contributed by atoms with Crippen molar-refractivity contribution in [2.75, 3.05) is 43.1 Å². The molecule has 0 radical (unpaired) electrons. The van der Waals surface area contributed by atoms with E-state index >= 15 is 0 Å². The van der Waals surface area contributed by atoms with Crippen molar-refractivity contribution in [3.05, 3.63) is 42.1 Å². The van der Waals surface area contributed by atoms with Crippen LogP contribution in [0.2, 0.25) is 0 Å². The molecule has 0 aliphatic carbocycles. The van der Waals surface area contributed by atoms with E-state index in [4.69, 9.17) is 9.84 Å². The van der Waals surface area contributed by atoms with Gasteiger partial charge in [0.1, 0.15) is 17.4 Å². The van der Waals surface area contributed by atoms with Gasteiger partial charge in [0, 0.05) is 32.2 Å². The molecule has 1 aromatic heterocycles. The first-order valence-electron chi connectivity index (χ1n) is 7.47. The minimum atomic E-state index is -1.10. The topological polar surface area (TPSA) is 78.8 Å². The van der Waals surface area contributed by atoms with E-state index in [9.17, 15) is 9.18 Å². The van der Waals surface area contributed by atoms with Crippen LogP contribution in [0.1, 0.15) is 10.5 Å². The van der Waals surface area contributed by atoms with Crippen LogP contribution in [-0.4, -0.2) is 54.3 Å². The average Bonchev–Trinajstić information content (AvgIpc) is 2.62. The number of halogens is 1. The number of carbonyl (C=O) groups is 1. The standard InChI is InChI=1S/C16H17FN4O3/c1-24-14-8-11(17)2-3-13(14)20-4-6-21(7-5-20)15-10-18-12(9-19-15)16(22)23/h2-3,8-10H,4-7H2,1H3,(H,22,23). The minimum absolute atomic E-state index is 0.0755. The Morgan fingerprint density at radius 2 is 1.88 bits per heavy atom. The van der Waals surface area contributed by atoms with E-state index in [0.717, 1.165) is 5.69 Å². The first-order valence-corrected chi connectivity index (χ1v) is 7.47. The van der Waals surface area contributed by atoms with Crippen LogP contribution in [0, 0.1) is 5.82 Å². The molecule has 0 atom stereocenters. The van der Waals surface area contributed by atoms with Crippen LogP contribution in [-0.2, 0) is 0 Å². The number of hydrogen-bond donors (Lipinski definition) is 1. The van der Waals surface area contributed by atoms with Crippen molar-refractivity contribution in [1.29, 1.82) is 0 Å². The summed E-state index contributed by atoms with van der Waals surface area (Å²) in [7, 11) is 1.52. The Morgan fingerprint density at radius 1 is 1.17 bits per heavy atom. The molecule has 8 heteroatoms. The summed E-state index contributed by atoms with van der Waals surface area (Å²) in [6.45, 7) is 2.82. The molecule has 0 bridgehead atoms. The monoisotopic (exact) mass is 332 g/mol. The Balaban J connectivity index is 1.68. The lowest BCUT2D eigenvalue weighted by Crippen LogP contribution is -2.47. The van der Waals surface area contributed by atoms with Crippen LogP contribution in [0.15, 0.2) is 30.6 Å². The molecule has 0 unspecified atom stereocenters. The highest BCUT2D eigenvalue weighted by molar-refractivity contribution is 5.84. The number of aromatic nitrogens is 2. The van der Waals surface area contributed by atoms with Crippen molar-refractivity contribution < 1.29 is 19.0 Å². The number of methoxy groups -OCH3 is 1. The van der Waals surface area contributed by atoms with Gasteiger partial charge >= 0.3 is 5.97 Å². The predicted molar refractivity (Wildman–Crippen MR) is 86.4 cm³/mol. The molecule has 1 fully saturated rings. The molecule has 2 aromatic rings. The Bertz CT molecular complexity index is 731. The molecule has 1 aromatic carbocycles. The third-order valence-corrected chi connectivity index (χ3v) is 3.94. The highest BCUT2D eigenvalue weighted by Gasteiger charge is 2.21. The fourth-order valence-corrected chi connectivity index (χ4v) is 2.68. The van der Waals surface area contributed by atoms with Gasteiger partial charge in [-0.3, -0.25) is 0 Å². The number of hydrogen-bond acceptors (Lipinski definition) is 6. The fourth-order valence-electron chi connectivity index (χ4n) is 2.68. The molecule has 1 saturated heterocycles. The number of rotatable bonds is 4. The van der Waals surface area contributed by atoms with E-state index < -0.39 is 5.97 Å². The van der Waals surface area contributed by atoms with E-state index in [1.54, 1.807) is 6.07 Å². The first kappa shape index (κ1) is 16.0. The van der Waals surface area contributed by atoms with Crippen LogP contribution < -0.4 is 14.5 Å². The predicted octanol–water partition coefficient (Wildman–Crippen LogP) is 1.65. The highest BCUT2D eigenvalue weighted by Crippen LogP contribution is 2.30. The van der Waals surface area contributed by atoms with Crippen molar-refractivity contribution in [1.82, 2.24) is 9.97 Å². The first-order chi connectivity index (χ1) is 11.6. The molecule has 0 spiro atoms. The molecule has 3 rings (SSSR count). The zero-order valence-electron chi connectivity index (χ0n) is 13.1. The van der Waals surface area contributed by atoms with Gasteiger partial charge in [0.05, 0.1) is 25.2 Å². The minimum Gasteiger partial charge on any atom is -0.494 e. The van der Waals surface area contributed by atoms with Crippen molar-refractivity contribution in [2.24, 2.45) is 0 Å². The largest absolute Gasteiger partial charge is 0.494 e. The summed E-state index contributed by atoms with van der Waals surface area (Å²) in [6.07, 6.45) is 2.73. The Hall–Kier alpha value is -2.90. The average molecular weight is 332 g/mol. The quantitative estimate of drug-likeness (QED) is 0.912. The van der Waals surface area contributed by atoms with Gasteiger partial charge in [-0.05, 0) is 12.1 Å². The SMILES string of the molecule is COc1cc(F)ccc1N1CCN(c2cnc(C(=O)O)cn2)CC1. The Labute approximate surface area is 138 Å². The maximum absolute atomic E-state index is 13.3. The molecule has 126 valence electrons. The Kier molecular flexibility index (Phi) is 4.45. The van der Waals surface area contributed by atoms with Crippen LogP contribution in [0.5, 0.6) is 5.75 Å². The van der Waals surface area contributed by atoms with Gasteiger partial charge in [0.25, 0.3) is 0 Å². The number of ether oxygens (including phenoxy) is 1. The van der Waals surface area contributed by atoms with Gasteiger partial charge < -0.3 is 19.6 Å². The number of piperazine rings is 1. The third-order valence-electron chi connectivity index (χ3n) is 3.94. The van der Waals surface area contributed by atoms with Gasteiger partial charge in [-0.25, -0.2) is 19.2 Å². The molecule has 0 amide bonds. The number of anilines is 2. The van der Waals surface area contributed by atoms with Crippen molar-refractivity contribution in [3.8, 4) is 5.75 Å². The molecule has 2 heterocycles. The fraction of sp³-hybridized carbons (Fsp3) is 0.312. The van der Waals surface area contributed by atoms with Crippen molar-refractivity contribution in [3.63, 3.8) is 0 Å². The van der Waals surface area contributed by atoms with Crippen LogP contribution in [0.3, 0.4) is 0 Å². The van der Waals surface area contributed by atoms with Gasteiger partial charge in [0.2, 0.25) is 0 Å². The molecule has 24 heavy (non-hydrogen) atoms. The van der Waals surface area contributed by atoms with E-state index in [2.05, 4.69) is 14.9 Å². The number of carboxylic acid groups (broad SMARTS) is 1. The summed E-state index contributed by atoms with van der Waals surface area (Å²) in [5.74, 6) is -0.273. The van der Waals surface area contributed by atoms with Crippen LogP contribution in [0.25, 0.3) is 0 Å². The number of carboxylic acids is 1. The van der Waals surface area contributed by atoms with Gasteiger partial charge in [0.15, 0.2) is 5.69 Å². The lowest BCUT2D eigenvalue weighted by atomic mass is 10.2. The second-order valence-electron chi connectivity index (χ2n) is 5.36. The summed E-state index contributed by atoms with van der Waals surface area (Å²) < 4.78 is 18.6. The van der Waals surface area contributed by atoms with E-state index in [1.807, 2.05) is 4.90 Å². The summed E-state index contributed by atoms with van der Waals surface area (Å²) in [5.41, 5.74) is 0.777. The molecular weight excluding hydrogens is 315 g/mol. The smallest absolute Gasteiger partial charge is 0.356 e. The maximum atomic E-state index is 13.3. The summed E-state index contributed by atoms with van der Waals surface area (Å²) >= 11 is 0. The van der Waals surface area contributed by atoms with Crippen LogP contribution in [0.4, 0.5) is 15.9 Å². The van der Waals surface area contributed by atoms with Crippen LogP contribution >= 0.6 is 0 Å². The molecular formula is C16H17FN4O3. The van der Waals surface area contributed by atoms with Crippen molar-refractivity contribution >= 4 is 17.5 Å². The third kappa shape index (κ3) is 3.22. The lowest BCUT2D eigenvalue weighted by Gasteiger charge is -2.37. The second kappa shape index (κ2) is 6.69. The maximum Gasteiger partial charge on any atom is 0.356 e. The summed E-state index contributed by atoms with van der Waals surface area (Å²) in [4.78, 5) is 23.0. The molecule has 1 aliphatic heterocycles. The molecule has 1 aliphatic rings. The Morgan fingerprint density at radius 3 is 2.46 bits per heavy atom. The van der Waals surface area contributed by atoms with E-state index in [-0.39, 0.29) is 11.5 Å². The summed E-state index contributed by atoms with van der Waals surface area (Å²) in [5, 5.41) is 8.85. The van der Waals surface area contributed by atoms with Crippen molar-refractivity contribution in [2.45, 2.75) is 0 Å².